The number of amides is 1. The zero-order valence-electron chi connectivity index (χ0n) is 14.3. The summed E-state index contributed by atoms with van der Waals surface area (Å²) in [7, 11) is 3.49. The fourth-order valence-electron chi connectivity index (χ4n) is 3.31. The Kier molecular flexibility index (Phi) is 3.76. The quantitative estimate of drug-likeness (QED) is 0.739. The van der Waals surface area contributed by atoms with E-state index in [1.165, 1.54) is 5.56 Å². The van der Waals surface area contributed by atoms with E-state index in [9.17, 15) is 4.79 Å². The summed E-state index contributed by atoms with van der Waals surface area (Å²) in [5, 5.41) is 4.44. The van der Waals surface area contributed by atoms with Gasteiger partial charge in [0.05, 0.1) is 12.8 Å². The van der Waals surface area contributed by atoms with Crippen molar-refractivity contribution in [3.63, 3.8) is 0 Å². The first-order valence-electron chi connectivity index (χ1n) is 8.25. The van der Waals surface area contributed by atoms with E-state index in [0.29, 0.717) is 12.2 Å². The number of aromatic nitrogens is 2. The summed E-state index contributed by atoms with van der Waals surface area (Å²) < 4.78 is 7.03. The number of carbonyl (C=O) groups is 1. The highest BCUT2D eigenvalue weighted by Crippen LogP contribution is 2.30. The van der Waals surface area contributed by atoms with Gasteiger partial charge in [-0.15, -0.1) is 0 Å². The summed E-state index contributed by atoms with van der Waals surface area (Å²) >= 11 is 0. The maximum Gasteiger partial charge on any atom is 0.278 e. The minimum absolute atomic E-state index is 0.0605. The van der Waals surface area contributed by atoms with E-state index in [2.05, 4.69) is 11.2 Å². The molecule has 4 rings (SSSR count). The Morgan fingerprint density at radius 1 is 1.12 bits per heavy atom. The number of aryl methyl sites for hydroxylation is 1. The molecular formula is C20H19N3O2. The molecule has 0 unspecified atom stereocenters. The number of hydrogen-bond donors (Lipinski definition) is 0. The van der Waals surface area contributed by atoms with Crippen LogP contribution in [-0.4, -0.2) is 29.3 Å². The van der Waals surface area contributed by atoms with Gasteiger partial charge in [0.2, 0.25) is 0 Å². The van der Waals surface area contributed by atoms with Crippen molar-refractivity contribution in [3.05, 3.63) is 65.9 Å². The molecule has 126 valence electrons. The summed E-state index contributed by atoms with van der Waals surface area (Å²) in [5.74, 6) is 0.717. The van der Waals surface area contributed by atoms with Crippen molar-refractivity contribution in [2.24, 2.45) is 7.05 Å². The van der Waals surface area contributed by atoms with Crippen molar-refractivity contribution in [1.82, 2.24) is 9.78 Å². The molecule has 5 heteroatoms. The molecule has 0 saturated carbocycles. The summed E-state index contributed by atoms with van der Waals surface area (Å²) in [4.78, 5) is 14.8. The van der Waals surface area contributed by atoms with Gasteiger partial charge in [0.25, 0.3) is 5.91 Å². The smallest absolute Gasteiger partial charge is 0.278 e. The van der Waals surface area contributed by atoms with Crippen LogP contribution in [0.1, 0.15) is 16.1 Å². The topological polar surface area (TPSA) is 47.4 Å². The molecule has 3 aromatic rings. The van der Waals surface area contributed by atoms with E-state index in [1.807, 2.05) is 60.5 Å². The number of carbonyl (C=O) groups excluding carboxylic acids is 1. The van der Waals surface area contributed by atoms with Crippen LogP contribution in [-0.2, 0) is 13.5 Å². The predicted molar refractivity (Wildman–Crippen MR) is 97.0 cm³/mol. The largest absolute Gasteiger partial charge is 0.497 e. The fraction of sp³-hybridized carbons (Fsp3) is 0.200. The van der Waals surface area contributed by atoms with Crippen LogP contribution in [0.5, 0.6) is 5.75 Å². The Labute approximate surface area is 146 Å². The van der Waals surface area contributed by atoms with Crippen LogP contribution in [0.2, 0.25) is 0 Å². The molecule has 1 aliphatic heterocycles. The molecule has 0 bridgehead atoms. The summed E-state index contributed by atoms with van der Waals surface area (Å²) in [6.07, 6.45) is 0.886. The average molecular weight is 333 g/mol. The molecule has 1 amide bonds. The number of hydrogen-bond acceptors (Lipinski definition) is 3. The van der Waals surface area contributed by atoms with Crippen molar-refractivity contribution < 1.29 is 9.53 Å². The highest BCUT2D eigenvalue weighted by Gasteiger charge is 2.27. The highest BCUT2D eigenvalue weighted by atomic mass is 16.5. The Morgan fingerprint density at radius 3 is 2.80 bits per heavy atom. The summed E-state index contributed by atoms with van der Waals surface area (Å²) in [5.41, 5.74) is 4.50. The van der Waals surface area contributed by atoms with E-state index in [-0.39, 0.29) is 5.91 Å². The Bertz CT molecular complexity index is 946. The lowest BCUT2D eigenvalue weighted by molar-refractivity contribution is 0.0984. The molecule has 1 aliphatic rings. The molecule has 0 N–H and O–H groups in total. The normalized spacial score (nSPS) is 13.0. The average Bonchev–Trinajstić information content (AvgIpc) is 3.25. The lowest BCUT2D eigenvalue weighted by atomic mass is 10.1. The maximum absolute atomic E-state index is 13.0. The molecular weight excluding hydrogens is 314 g/mol. The van der Waals surface area contributed by atoms with Crippen molar-refractivity contribution in [3.8, 4) is 17.0 Å². The van der Waals surface area contributed by atoms with Gasteiger partial charge in [-0.05, 0) is 36.2 Å². The predicted octanol–water partition coefficient (Wildman–Crippen LogP) is 3.30. The number of benzene rings is 2. The SMILES string of the molecule is COc1cccc(-c2cc(C(=O)N3CCc4ccccc43)nn2C)c1. The molecule has 1 aromatic heterocycles. The number of nitrogens with zero attached hydrogens (tertiary/aromatic N) is 3. The van der Waals surface area contributed by atoms with Gasteiger partial charge in [0.1, 0.15) is 5.75 Å². The van der Waals surface area contributed by atoms with E-state index in [4.69, 9.17) is 4.74 Å². The first-order valence-corrected chi connectivity index (χ1v) is 8.25. The van der Waals surface area contributed by atoms with Crippen LogP contribution in [0.4, 0.5) is 5.69 Å². The standard InChI is InChI=1S/C20H19N3O2/c1-22-19(15-7-5-8-16(12-15)25-2)13-17(21-22)20(24)23-11-10-14-6-3-4-9-18(14)23/h3-9,12-13H,10-11H2,1-2H3. The third-order valence-electron chi connectivity index (χ3n) is 4.60. The number of para-hydroxylation sites is 1. The van der Waals surface area contributed by atoms with Crippen LogP contribution in [0.3, 0.4) is 0 Å². The van der Waals surface area contributed by atoms with Gasteiger partial charge in [-0.2, -0.15) is 5.10 Å². The molecule has 25 heavy (non-hydrogen) atoms. The van der Waals surface area contributed by atoms with Gasteiger partial charge in [-0.1, -0.05) is 30.3 Å². The zero-order valence-corrected chi connectivity index (χ0v) is 14.3. The molecule has 2 aromatic carbocycles. The van der Waals surface area contributed by atoms with Gasteiger partial charge in [0.15, 0.2) is 5.69 Å². The molecule has 0 radical (unpaired) electrons. The molecule has 0 spiro atoms. The van der Waals surface area contributed by atoms with Gasteiger partial charge in [0, 0.05) is 24.8 Å². The van der Waals surface area contributed by atoms with Gasteiger partial charge < -0.3 is 9.64 Å². The van der Waals surface area contributed by atoms with Crippen molar-refractivity contribution in [1.29, 1.82) is 0 Å². The first-order chi connectivity index (χ1) is 12.2. The van der Waals surface area contributed by atoms with E-state index in [0.717, 1.165) is 29.1 Å². The number of methoxy groups -OCH3 is 1. The monoisotopic (exact) mass is 333 g/mol. The van der Waals surface area contributed by atoms with Crippen LogP contribution in [0.15, 0.2) is 54.6 Å². The minimum atomic E-state index is -0.0605. The number of anilines is 1. The van der Waals surface area contributed by atoms with Crippen LogP contribution >= 0.6 is 0 Å². The number of ether oxygens (including phenoxy) is 1. The van der Waals surface area contributed by atoms with E-state index >= 15 is 0 Å². The lowest BCUT2D eigenvalue weighted by Crippen LogP contribution is -2.29. The van der Waals surface area contributed by atoms with Gasteiger partial charge in [-0.25, -0.2) is 0 Å². The highest BCUT2D eigenvalue weighted by molar-refractivity contribution is 6.06. The molecule has 0 atom stereocenters. The van der Waals surface area contributed by atoms with Crippen LogP contribution < -0.4 is 9.64 Å². The minimum Gasteiger partial charge on any atom is -0.497 e. The van der Waals surface area contributed by atoms with Crippen LogP contribution in [0, 0.1) is 0 Å². The van der Waals surface area contributed by atoms with Crippen molar-refractivity contribution in [2.45, 2.75) is 6.42 Å². The molecule has 2 heterocycles. The third-order valence-corrected chi connectivity index (χ3v) is 4.60. The second kappa shape index (κ2) is 6.09. The Hall–Kier alpha value is -3.08. The Morgan fingerprint density at radius 2 is 1.96 bits per heavy atom. The molecule has 5 nitrogen and oxygen atoms in total. The molecule has 0 aliphatic carbocycles. The molecule has 0 saturated heterocycles. The third kappa shape index (κ3) is 2.67. The van der Waals surface area contributed by atoms with E-state index < -0.39 is 0 Å². The van der Waals surface area contributed by atoms with E-state index in [1.54, 1.807) is 11.8 Å². The van der Waals surface area contributed by atoms with Crippen molar-refractivity contribution in [2.75, 3.05) is 18.6 Å². The summed E-state index contributed by atoms with van der Waals surface area (Å²) in [6.45, 7) is 0.698. The number of fused-ring (bicyclic) bond motifs is 1. The molecule has 0 fully saturated rings. The lowest BCUT2D eigenvalue weighted by Gasteiger charge is -2.15. The number of rotatable bonds is 3. The van der Waals surface area contributed by atoms with Gasteiger partial charge >= 0.3 is 0 Å². The second-order valence-electron chi connectivity index (χ2n) is 6.11. The fourth-order valence-corrected chi connectivity index (χ4v) is 3.31. The second-order valence-corrected chi connectivity index (χ2v) is 6.11. The Balaban J connectivity index is 1.67. The zero-order chi connectivity index (χ0) is 17.4. The van der Waals surface area contributed by atoms with Crippen LogP contribution in [0.25, 0.3) is 11.3 Å². The van der Waals surface area contributed by atoms with Gasteiger partial charge in [-0.3, -0.25) is 9.48 Å². The van der Waals surface area contributed by atoms with Crippen molar-refractivity contribution >= 4 is 11.6 Å². The first kappa shape index (κ1) is 15.4. The summed E-state index contributed by atoms with van der Waals surface area (Å²) in [6, 6.07) is 17.6. The maximum atomic E-state index is 13.0.